The molecular weight excluding hydrogens is 266 g/mol. The van der Waals surface area contributed by atoms with Crippen LogP contribution in [-0.2, 0) is 6.54 Å². The van der Waals surface area contributed by atoms with Gasteiger partial charge in [-0.25, -0.2) is 0 Å². The van der Waals surface area contributed by atoms with Crippen LogP contribution in [-0.4, -0.2) is 17.6 Å². The Hall–Kier alpha value is -2.51. The molecule has 0 aliphatic rings. The molecule has 4 nitrogen and oxygen atoms in total. The van der Waals surface area contributed by atoms with E-state index in [1.54, 1.807) is 12.1 Å². The zero-order valence-electron chi connectivity index (χ0n) is 12.1. The first-order valence-corrected chi connectivity index (χ1v) is 6.64. The van der Waals surface area contributed by atoms with E-state index in [9.17, 15) is 4.79 Å². The lowest BCUT2D eigenvalue weighted by molar-refractivity contribution is 0.0947. The summed E-state index contributed by atoms with van der Waals surface area (Å²) in [6, 6.07) is 9.05. The van der Waals surface area contributed by atoms with E-state index in [0.29, 0.717) is 12.1 Å². The van der Waals surface area contributed by atoms with Crippen LogP contribution < -0.4 is 5.32 Å². The molecule has 1 aromatic carbocycles. The van der Waals surface area contributed by atoms with Crippen molar-refractivity contribution in [1.29, 1.82) is 0 Å². The Morgan fingerprint density at radius 3 is 2.76 bits per heavy atom. The molecule has 0 atom stereocenters. The van der Waals surface area contributed by atoms with E-state index in [1.165, 1.54) is 0 Å². The van der Waals surface area contributed by atoms with Crippen molar-refractivity contribution in [2.45, 2.75) is 20.4 Å². The second-order valence-electron chi connectivity index (χ2n) is 4.63. The smallest absolute Gasteiger partial charge is 0.251 e. The number of aliphatic hydroxyl groups is 1. The van der Waals surface area contributed by atoms with Gasteiger partial charge in [0.15, 0.2) is 0 Å². The number of aliphatic hydroxyl groups excluding tert-OH is 1. The zero-order chi connectivity index (χ0) is 15.2. The number of carbonyl (C=O) groups excluding carboxylic acids is 1. The molecule has 0 spiro atoms. The highest BCUT2D eigenvalue weighted by Gasteiger charge is 2.11. The van der Waals surface area contributed by atoms with Crippen LogP contribution in [0.1, 0.15) is 33.0 Å². The molecule has 0 saturated heterocycles. The van der Waals surface area contributed by atoms with Crippen LogP contribution in [0.5, 0.6) is 0 Å². The second-order valence-corrected chi connectivity index (χ2v) is 4.63. The van der Waals surface area contributed by atoms with Gasteiger partial charge in [0.05, 0.1) is 6.54 Å². The fourth-order valence-corrected chi connectivity index (χ4v) is 1.99. The van der Waals surface area contributed by atoms with Crippen LogP contribution in [0.2, 0.25) is 0 Å². The van der Waals surface area contributed by atoms with Gasteiger partial charge in [-0.15, -0.1) is 0 Å². The Kier molecular flexibility index (Phi) is 4.81. The van der Waals surface area contributed by atoms with Gasteiger partial charge >= 0.3 is 0 Å². The van der Waals surface area contributed by atoms with E-state index < -0.39 is 0 Å². The van der Waals surface area contributed by atoms with Crippen LogP contribution in [0.15, 0.2) is 34.7 Å². The van der Waals surface area contributed by atoms with Crippen molar-refractivity contribution in [3.63, 3.8) is 0 Å². The zero-order valence-corrected chi connectivity index (χ0v) is 12.1. The van der Waals surface area contributed by atoms with E-state index in [-0.39, 0.29) is 12.5 Å². The highest BCUT2D eigenvalue weighted by molar-refractivity contribution is 5.96. The summed E-state index contributed by atoms with van der Waals surface area (Å²) in [5, 5.41) is 11.6. The number of nitrogens with one attached hydrogen (secondary N) is 1. The molecule has 2 N–H and O–H groups in total. The largest absolute Gasteiger partial charge is 0.465 e. The third kappa shape index (κ3) is 3.74. The number of rotatable bonds is 3. The van der Waals surface area contributed by atoms with Gasteiger partial charge in [-0.3, -0.25) is 4.79 Å². The summed E-state index contributed by atoms with van der Waals surface area (Å²) < 4.78 is 5.41. The monoisotopic (exact) mass is 283 g/mol. The van der Waals surface area contributed by atoms with Crippen LogP contribution in [0.25, 0.3) is 0 Å². The summed E-state index contributed by atoms with van der Waals surface area (Å²) in [6.45, 7) is 3.85. The first-order chi connectivity index (χ1) is 10.1. The molecule has 0 bridgehead atoms. The van der Waals surface area contributed by atoms with Gasteiger partial charge in [0.1, 0.15) is 18.1 Å². The SMILES string of the molecule is Cc1ccc(CNC(=O)c2cccc(C#CCO)c2C)o1. The molecule has 2 aromatic rings. The van der Waals surface area contributed by atoms with Gasteiger partial charge in [0.25, 0.3) is 5.91 Å². The van der Waals surface area contributed by atoms with Crippen molar-refractivity contribution in [1.82, 2.24) is 5.32 Å². The predicted octanol–water partition coefficient (Wildman–Crippen LogP) is 2.17. The van der Waals surface area contributed by atoms with Gasteiger partial charge in [-0.05, 0) is 43.7 Å². The minimum atomic E-state index is -0.201. The molecule has 1 aromatic heterocycles. The number of furan rings is 1. The highest BCUT2D eigenvalue weighted by atomic mass is 16.3. The molecule has 0 unspecified atom stereocenters. The van der Waals surface area contributed by atoms with Crippen molar-refractivity contribution >= 4 is 5.91 Å². The summed E-state index contributed by atoms with van der Waals surface area (Å²) in [5.74, 6) is 6.79. The summed E-state index contributed by atoms with van der Waals surface area (Å²) in [5.41, 5.74) is 2.11. The molecule has 0 aliphatic carbocycles. The van der Waals surface area contributed by atoms with Gasteiger partial charge < -0.3 is 14.8 Å². The van der Waals surface area contributed by atoms with Gasteiger partial charge in [-0.2, -0.15) is 0 Å². The Balaban J connectivity index is 2.12. The molecule has 0 aliphatic heterocycles. The molecule has 0 radical (unpaired) electrons. The van der Waals surface area contributed by atoms with E-state index in [4.69, 9.17) is 9.52 Å². The standard InChI is InChI=1S/C17H17NO3/c1-12-8-9-15(21-12)11-18-17(20)16-7-3-5-14(13(16)2)6-4-10-19/h3,5,7-9,19H,10-11H2,1-2H3,(H,18,20). The number of amides is 1. The quantitative estimate of drug-likeness (QED) is 0.849. The Labute approximate surface area is 123 Å². The summed E-state index contributed by atoms with van der Waals surface area (Å²) >= 11 is 0. The number of carbonyl (C=O) groups is 1. The molecule has 4 heteroatoms. The number of aryl methyl sites for hydroxylation is 1. The maximum Gasteiger partial charge on any atom is 0.251 e. The molecule has 108 valence electrons. The van der Waals surface area contributed by atoms with Crippen LogP contribution in [0.4, 0.5) is 0 Å². The first kappa shape index (κ1) is 14.9. The maximum absolute atomic E-state index is 12.2. The van der Waals surface area contributed by atoms with E-state index >= 15 is 0 Å². The fourth-order valence-electron chi connectivity index (χ4n) is 1.99. The Bertz CT molecular complexity index is 704. The summed E-state index contributed by atoms with van der Waals surface area (Å²) in [4.78, 5) is 12.2. The summed E-state index contributed by atoms with van der Waals surface area (Å²) in [7, 11) is 0. The van der Waals surface area contributed by atoms with E-state index in [1.807, 2.05) is 32.0 Å². The van der Waals surface area contributed by atoms with Gasteiger partial charge in [0, 0.05) is 11.1 Å². The van der Waals surface area contributed by atoms with Crippen molar-refractivity contribution < 1.29 is 14.3 Å². The number of hydrogen-bond donors (Lipinski definition) is 2. The molecule has 1 heterocycles. The topological polar surface area (TPSA) is 62.5 Å². The van der Waals surface area contributed by atoms with Crippen molar-refractivity contribution in [2.24, 2.45) is 0 Å². The van der Waals surface area contributed by atoms with E-state index in [0.717, 1.165) is 22.6 Å². The average molecular weight is 283 g/mol. The van der Waals surface area contributed by atoms with Gasteiger partial charge in [0.2, 0.25) is 0 Å². The summed E-state index contributed by atoms with van der Waals surface area (Å²) in [6.07, 6.45) is 0. The second kappa shape index (κ2) is 6.78. The Morgan fingerprint density at radius 1 is 1.29 bits per heavy atom. The number of hydrogen-bond acceptors (Lipinski definition) is 3. The molecule has 0 fully saturated rings. The third-order valence-electron chi connectivity index (χ3n) is 3.10. The molecule has 21 heavy (non-hydrogen) atoms. The fraction of sp³-hybridized carbons (Fsp3) is 0.235. The molecule has 2 rings (SSSR count). The van der Waals surface area contributed by atoms with Gasteiger partial charge in [-0.1, -0.05) is 17.9 Å². The van der Waals surface area contributed by atoms with Crippen LogP contribution in [0.3, 0.4) is 0 Å². The molecule has 1 amide bonds. The lowest BCUT2D eigenvalue weighted by atomic mass is 10.0. The van der Waals surface area contributed by atoms with E-state index in [2.05, 4.69) is 17.2 Å². The molecule has 0 saturated carbocycles. The minimum absolute atomic E-state index is 0.172. The Morgan fingerprint density at radius 2 is 2.10 bits per heavy atom. The lowest BCUT2D eigenvalue weighted by Crippen LogP contribution is -2.23. The third-order valence-corrected chi connectivity index (χ3v) is 3.10. The van der Waals surface area contributed by atoms with Crippen molar-refractivity contribution in [3.8, 4) is 11.8 Å². The van der Waals surface area contributed by atoms with Crippen molar-refractivity contribution in [2.75, 3.05) is 6.61 Å². The van der Waals surface area contributed by atoms with Crippen LogP contribution in [0, 0.1) is 25.7 Å². The lowest BCUT2D eigenvalue weighted by Gasteiger charge is -2.08. The predicted molar refractivity (Wildman–Crippen MR) is 79.8 cm³/mol. The first-order valence-electron chi connectivity index (χ1n) is 6.64. The molecular formula is C17H17NO3. The number of benzene rings is 1. The maximum atomic E-state index is 12.2. The highest BCUT2D eigenvalue weighted by Crippen LogP contribution is 2.13. The minimum Gasteiger partial charge on any atom is -0.465 e. The van der Waals surface area contributed by atoms with Crippen LogP contribution >= 0.6 is 0 Å². The normalized spacial score (nSPS) is 9.86. The average Bonchev–Trinajstić information content (AvgIpc) is 2.89. The van der Waals surface area contributed by atoms with Crippen molar-refractivity contribution in [3.05, 3.63) is 58.5 Å².